The Bertz CT molecular complexity index is 149. The number of hydrogen-bond donors (Lipinski definition) is 0. The lowest BCUT2D eigenvalue weighted by molar-refractivity contribution is 0.276. The summed E-state index contributed by atoms with van der Waals surface area (Å²) >= 11 is 2.26. The van der Waals surface area contributed by atoms with Gasteiger partial charge >= 0.3 is 8.74 Å². The molecular weight excluding hydrogens is 218 g/mol. The van der Waals surface area contributed by atoms with E-state index < -0.39 is 8.74 Å². The van der Waals surface area contributed by atoms with Gasteiger partial charge in [0.2, 0.25) is 4.45 Å². The molecule has 12 heavy (non-hydrogen) atoms. The predicted molar refractivity (Wildman–Crippen MR) is 54.6 cm³/mol. The molecule has 0 fully saturated rings. The number of rotatable bonds is 4. The quantitative estimate of drug-likeness (QED) is 0.417. The first-order chi connectivity index (χ1) is 5.45. The molecule has 0 aliphatic carbocycles. The summed E-state index contributed by atoms with van der Waals surface area (Å²) < 4.78 is 24.7. The SMILES string of the molecule is CSC(=O)SCCC[Si](C)(F)F. The van der Waals surface area contributed by atoms with Crippen molar-refractivity contribution in [1.29, 1.82) is 0 Å². The van der Waals surface area contributed by atoms with Gasteiger partial charge in [-0.3, -0.25) is 13.0 Å². The van der Waals surface area contributed by atoms with Crippen LogP contribution in [0.3, 0.4) is 0 Å². The monoisotopic (exact) mass is 230 g/mol. The summed E-state index contributed by atoms with van der Waals surface area (Å²) in [6.07, 6.45) is 2.14. The highest BCUT2D eigenvalue weighted by molar-refractivity contribution is 8.38. The zero-order valence-electron chi connectivity index (χ0n) is 7.10. The summed E-state index contributed by atoms with van der Waals surface area (Å²) in [5.41, 5.74) is 0. The van der Waals surface area contributed by atoms with Crippen LogP contribution in [0.15, 0.2) is 0 Å². The van der Waals surface area contributed by atoms with Crippen molar-refractivity contribution in [1.82, 2.24) is 0 Å². The summed E-state index contributed by atoms with van der Waals surface area (Å²) in [5, 5.41) is 0. The van der Waals surface area contributed by atoms with Crippen LogP contribution >= 0.6 is 23.5 Å². The Labute approximate surface area is 81.0 Å². The van der Waals surface area contributed by atoms with Crippen LogP contribution in [0.5, 0.6) is 0 Å². The molecule has 0 N–H and O–H groups in total. The number of carbonyl (C=O) groups excluding carboxylic acids is 1. The van der Waals surface area contributed by atoms with Crippen molar-refractivity contribution in [2.45, 2.75) is 19.0 Å². The minimum atomic E-state index is -3.87. The highest BCUT2D eigenvalue weighted by Gasteiger charge is 2.26. The Morgan fingerprint density at radius 3 is 2.50 bits per heavy atom. The molecule has 0 saturated heterocycles. The standard InChI is InChI=1S/C6H12F2OS2Si/c1-10-6(9)11-4-3-5-12(2,7)8/h3-5H2,1-2H3. The summed E-state index contributed by atoms with van der Waals surface area (Å²) in [5.74, 6) is 0.524. The maximum atomic E-state index is 12.4. The van der Waals surface area contributed by atoms with E-state index >= 15 is 0 Å². The lowest BCUT2D eigenvalue weighted by Gasteiger charge is -2.04. The third kappa shape index (κ3) is 8.54. The summed E-state index contributed by atoms with van der Waals surface area (Å²) in [6.45, 7) is 1.04. The van der Waals surface area contributed by atoms with Gasteiger partial charge in [0.25, 0.3) is 0 Å². The largest absolute Gasteiger partial charge is 0.422 e. The maximum Gasteiger partial charge on any atom is 0.422 e. The van der Waals surface area contributed by atoms with Crippen LogP contribution in [0.2, 0.25) is 12.6 Å². The van der Waals surface area contributed by atoms with Crippen molar-refractivity contribution < 1.29 is 13.0 Å². The fraction of sp³-hybridized carbons (Fsp3) is 0.833. The molecule has 0 radical (unpaired) electrons. The molecule has 0 aromatic carbocycles. The van der Waals surface area contributed by atoms with Crippen LogP contribution < -0.4 is 0 Å². The van der Waals surface area contributed by atoms with Gasteiger partial charge in [-0.15, -0.1) is 0 Å². The van der Waals surface area contributed by atoms with Gasteiger partial charge in [-0.25, -0.2) is 0 Å². The molecule has 0 atom stereocenters. The summed E-state index contributed by atoms with van der Waals surface area (Å²) in [7, 11) is -3.87. The van der Waals surface area contributed by atoms with E-state index in [0.717, 1.165) is 30.1 Å². The molecule has 0 bridgehead atoms. The van der Waals surface area contributed by atoms with E-state index in [1.54, 1.807) is 6.26 Å². The average Bonchev–Trinajstić information content (AvgIpc) is 1.96. The van der Waals surface area contributed by atoms with Crippen LogP contribution in [0.25, 0.3) is 0 Å². The van der Waals surface area contributed by atoms with Crippen molar-refractivity contribution >= 4 is 36.7 Å². The molecule has 0 amide bonds. The first-order valence-corrected chi connectivity index (χ1v) is 8.21. The summed E-state index contributed by atoms with van der Waals surface area (Å²) in [6, 6.07) is 0.00165. The molecule has 0 unspecified atom stereocenters. The zero-order chi connectivity index (χ0) is 9.61. The molecule has 0 aliphatic heterocycles. The predicted octanol–water partition coefficient (Wildman–Crippen LogP) is 3.60. The van der Waals surface area contributed by atoms with Crippen molar-refractivity contribution in [2.75, 3.05) is 12.0 Å². The minimum absolute atomic E-state index is 0.00165. The first-order valence-electron chi connectivity index (χ1n) is 3.54. The second-order valence-electron chi connectivity index (χ2n) is 2.48. The molecule has 0 aromatic heterocycles. The van der Waals surface area contributed by atoms with Crippen LogP contribution in [-0.4, -0.2) is 25.2 Å². The topological polar surface area (TPSA) is 17.1 Å². The number of halogens is 2. The van der Waals surface area contributed by atoms with Gasteiger partial charge in [0.1, 0.15) is 0 Å². The van der Waals surface area contributed by atoms with Gasteiger partial charge in [0, 0.05) is 5.75 Å². The van der Waals surface area contributed by atoms with Gasteiger partial charge in [0.15, 0.2) is 0 Å². The third-order valence-corrected chi connectivity index (χ3v) is 4.29. The van der Waals surface area contributed by atoms with Crippen LogP contribution in [0.4, 0.5) is 13.0 Å². The molecule has 0 heterocycles. The van der Waals surface area contributed by atoms with E-state index in [2.05, 4.69) is 0 Å². The van der Waals surface area contributed by atoms with Crippen LogP contribution in [-0.2, 0) is 0 Å². The molecule has 0 spiro atoms. The summed E-state index contributed by atoms with van der Waals surface area (Å²) in [4.78, 5) is 10.7. The second-order valence-corrected chi connectivity index (χ2v) is 7.22. The van der Waals surface area contributed by atoms with Crippen LogP contribution in [0.1, 0.15) is 6.42 Å². The highest BCUT2D eigenvalue weighted by atomic mass is 32.2. The number of hydrogen-bond acceptors (Lipinski definition) is 3. The average molecular weight is 230 g/mol. The lowest BCUT2D eigenvalue weighted by Crippen LogP contribution is -2.15. The van der Waals surface area contributed by atoms with Gasteiger partial charge in [0.05, 0.1) is 0 Å². The Kier molecular flexibility index (Phi) is 6.21. The second kappa shape index (κ2) is 5.99. The Morgan fingerprint density at radius 2 is 2.08 bits per heavy atom. The van der Waals surface area contributed by atoms with Gasteiger partial charge in [-0.05, 0) is 25.3 Å². The first kappa shape index (κ1) is 12.4. The Morgan fingerprint density at radius 1 is 1.50 bits per heavy atom. The van der Waals surface area contributed by atoms with E-state index in [-0.39, 0.29) is 10.5 Å². The van der Waals surface area contributed by atoms with Crippen molar-refractivity contribution in [3.63, 3.8) is 0 Å². The molecule has 0 aliphatic rings. The van der Waals surface area contributed by atoms with E-state index in [4.69, 9.17) is 0 Å². The Balaban J connectivity index is 3.28. The molecule has 6 heteroatoms. The molecule has 1 nitrogen and oxygen atoms in total. The smallest absolute Gasteiger partial charge is 0.274 e. The fourth-order valence-corrected chi connectivity index (χ4v) is 2.83. The van der Waals surface area contributed by atoms with Crippen LogP contribution in [0, 0.1) is 0 Å². The highest BCUT2D eigenvalue weighted by Crippen LogP contribution is 2.20. The third-order valence-electron chi connectivity index (χ3n) is 1.15. The van der Waals surface area contributed by atoms with Crippen molar-refractivity contribution in [2.24, 2.45) is 0 Å². The van der Waals surface area contributed by atoms with Gasteiger partial charge in [-0.2, -0.15) is 0 Å². The Hall–Kier alpha value is 0.447. The van der Waals surface area contributed by atoms with E-state index in [9.17, 15) is 13.0 Å². The lowest BCUT2D eigenvalue weighted by atomic mass is 10.6. The molecule has 0 rings (SSSR count). The van der Waals surface area contributed by atoms with Gasteiger partial charge < -0.3 is 0 Å². The minimum Gasteiger partial charge on any atom is -0.274 e. The fourth-order valence-electron chi connectivity index (χ4n) is 0.597. The van der Waals surface area contributed by atoms with Gasteiger partial charge in [-0.1, -0.05) is 23.5 Å². The maximum absolute atomic E-state index is 12.4. The molecular formula is C6H12F2OS2Si. The number of carbonyl (C=O) groups is 1. The van der Waals surface area contributed by atoms with E-state index in [1.165, 1.54) is 0 Å². The molecule has 72 valence electrons. The normalized spacial score (nSPS) is 11.7. The van der Waals surface area contributed by atoms with Crippen molar-refractivity contribution in [3.8, 4) is 0 Å². The van der Waals surface area contributed by atoms with E-state index in [0.29, 0.717) is 12.2 Å². The van der Waals surface area contributed by atoms with E-state index in [1.807, 2.05) is 0 Å². The van der Waals surface area contributed by atoms with Crippen molar-refractivity contribution in [3.05, 3.63) is 0 Å². The molecule has 0 aromatic rings. The zero-order valence-corrected chi connectivity index (χ0v) is 9.73. The molecule has 0 saturated carbocycles. The number of thioether (sulfide) groups is 2.